The molecule has 0 bridgehead atoms. The zero-order valence-electron chi connectivity index (χ0n) is 12.1. The molecule has 0 aliphatic carbocycles. The molecule has 0 unspecified atom stereocenters. The third-order valence-corrected chi connectivity index (χ3v) is 3.24. The van der Waals surface area contributed by atoms with Gasteiger partial charge in [0.05, 0.1) is 18.4 Å². The fourth-order valence-corrected chi connectivity index (χ4v) is 2.16. The van der Waals surface area contributed by atoms with Crippen LogP contribution in [0.4, 0.5) is 5.69 Å². The number of carbonyl (C=O) groups is 1. The summed E-state index contributed by atoms with van der Waals surface area (Å²) < 4.78 is 7.30. The van der Waals surface area contributed by atoms with Gasteiger partial charge in [0.25, 0.3) is 5.91 Å². The molecular weight excluding hydrogens is 278 g/mol. The van der Waals surface area contributed by atoms with Crippen LogP contribution in [0.2, 0.25) is 0 Å². The van der Waals surface area contributed by atoms with Crippen molar-refractivity contribution in [2.75, 3.05) is 12.4 Å². The fourth-order valence-electron chi connectivity index (χ4n) is 2.16. The molecule has 3 rings (SSSR count). The summed E-state index contributed by atoms with van der Waals surface area (Å²) in [6.45, 7) is 0. The molecule has 3 aromatic rings. The number of methoxy groups -OCH3 is 1. The van der Waals surface area contributed by atoms with E-state index in [2.05, 4.69) is 10.3 Å². The Kier molecular flexibility index (Phi) is 3.87. The summed E-state index contributed by atoms with van der Waals surface area (Å²) in [4.78, 5) is 16.1. The van der Waals surface area contributed by atoms with Crippen molar-refractivity contribution in [2.45, 2.75) is 0 Å². The van der Waals surface area contributed by atoms with Crippen molar-refractivity contribution in [2.24, 2.45) is 0 Å². The largest absolute Gasteiger partial charge is 0.495 e. The Morgan fingerprint density at radius 2 is 2.00 bits per heavy atom. The van der Waals surface area contributed by atoms with Crippen molar-refractivity contribution in [1.82, 2.24) is 9.55 Å². The van der Waals surface area contributed by atoms with Gasteiger partial charge in [0.2, 0.25) is 0 Å². The van der Waals surface area contributed by atoms with Crippen LogP contribution < -0.4 is 10.1 Å². The molecule has 1 amide bonds. The lowest BCUT2D eigenvalue weighted by atomic mass is 10.2. The van der Waals surface area contributed by atoms with Gasteiger partial charge in [-0.3, -0.25) is 9.78 Å². The Morgan fingerprint density at radius 1 is 1.18 bits per heavy atom. The van der Waals surface area contributed by atoms with Gasteiger partial charge in [0, 0.05) is 30.5 Å². The molecule has 0 saturated carbocycles. The van der Waals surface area contributed by atoms with Crippen LogP contribution in [0.3, 0.4) is 0 Å². The molecule has 110 valence electrons. The molecule has 5 heteroatoms. The molecule has 0 saturated heterocycles. The van der Waals surface area contributed by atoms with Crippen molar-refractivity contribution < 1.29 is 9.53 Å². The van der Waals surface area contributed by atoms with Crippen LogP contribution in [-0.4, -0.2) is 22.6 Å². The first kappa shape index (κ1) is 13.9. The number of hydrogen-bond donors (Lipinski definition) is 1. The van der Waals surface area contributed by atoms with Crippen LogP contribution in [0.15, 0.2) is 67.3 Å². The van der Waals surface area contributed by atoms with E-state index in [1.165, 1.54) is 6.20 Å². The van der Waals surface area contributed by atoms with E-state index in [1.807, 2.05) is 41.2 Å². The van der Waals surface area contributed by atoms with Gasteiger partial charge in [-0.2, -0.15) is 0 Å². The number of anilines is 1. The Balaban J connectivity index is 1.89. The zero-order chi connectivity index (χ0) is 15.4. The maximum Gasteiger partial charge on any atom is 0.257 e. The molecule has 1 N–H and O–H groups in total. The number of nitrogens with one attached hydrogen (secondary N) is 1. The van der Waals surface area contributed by atoms with E-state index in [4.69, 9.17) is 4.74 Å². The molecule has 0 spiro atoms. The summed E-state index contributed by atoms with van der Waals surface area (Å²) in [5.74, 6) is 0.535. The Bertz CT molecular complexity index is 768. The molecule has 0 aliphatic heterocycles. The van der Waals surface area contributed by atoms with Gasteiger partial charge in [-0.25, -0.2) is 0 Å². The second kappa shape index (κ2) is 6.13. The highest BCUT2D eigenvalue weighted by atomic mass is 16.5. The third kappa shape index (κ3) is 2.83. The smallest absolute Gasteiger partial charge is 0.257 e. The monoisotopic (exact) mass is 293 g/mol. The lowest BCUT2D eigenvalue weighted by Gasteiger charge is -2.12. The maximum absolute atomic E-state index is 12.2. The van der Waals surface area contributed by atoms with Crippen molar-refractivity contribution in [3.05, 3.63) is 72.8 Å². The van der Waals surface area contributed by atoms with Gasteiger partial charge < -0.3 is 14.6 Å². The highest BCUT2D eigenvalue weighted by molar-refractivity contribution is 6.04. The number of ether oxygens (including phenoxy) is 1. The molecule has 2 heterocycles. The number of hydrogen-bond acceptors (Lipinski definition) is 3. The second-order valence-electron chi connectivity index (χ2n) is 4.67. The third-order valence-electron chi connectivity index (χ3n) is 3.24. The van der Waals surface area contributed by atoms with Crippen LogP contribution in [-0.2, 0) is 0 Å². The molecule has 0 radical (unpaired) electrons. The highest BCUT2D eigenvalue weighted by Crippen LogP contribution is 2.26. The first-order chi connectivity index (χ1) is 10.8. The molecule has 5 nitrogen and oxygen atoms in total. The van der Waals surface area contributed by atoms with E-state index in [0.717, 1.165) is 11.4 Å². The minimum Gasteiger partial charge on any atom is -0.495 e. The lowest BCUT2D eigenvalue weighted by molar-refractivity contribution is 0.102. The summed E-state index contributed by atoms with van der Waals surface area (Å²) in [6, 6.07) is 12.8. The summed E-state index contributed by atoms with van der Waals surface area (Å²) in [7, 11) is 1.62. The van der Waals surface area contributed by atoms with Gasteiger partial charge in [-0.1, -0.05) is 0 Å². The predicted molar refractivity (Wildman–Crippen MR) is 84.5 cm³/mol. The molecule has 0 aliphatic rings. The standard InChI is InChI=1S/C17H15N3O2/c1-22-16-7-6-14(11-15(16)20-9-2-3-10-20)19-17(21)13-5-4-8-18-12-13/h2-12H,1H3,(H,19,21). The fraction of sp³-hybridized carbons (Fsp3) is 0.0588. The van der Waals surface area contributed by atoms with Crippen molar-refractivity contribution >= 4 is 11.6 Å². The zero-order valence-corrected chi connectivity index (χ0v) is 12.1. The predicted octanol–water partition coefficient (Wildman–Crippen LogP) is 3.13. The van der Waals surface area contributed by atoms with Crippen LogP contribution in [0.5, 0.6) is 5.75 Å². The first-order valence-corrected chi connectivity index (χ1v) is 6.80. The number of benzene rings is 1. The number of carbonyl (C=O) groups excluding carboxylic acids is 1. The average molecular weight is 293 g/mol. The summed E-state index contributed by atoms with van der Waals surface area (Å²) >= 11 is 0. The van der Waals surface area contributed by atoms with Gasteiger partial charge in [0.15, 0.2) is 0 Å². The Labute approximate surface area is 128 Å². The molecular formula is C17H15N3O2. The van der Waals surface area contributed by atoms with E-state index in [9.17, 15) is 4.79 Å². The van der Waals surface area contributed by atoms with Crippen LogP contribution in [0.1, 0.15) is 10.4 Å². The van der Waals surface area contributed by atoms with Gasteiger partial charge in [-0.05, 0) is 42.5 Å². The van der Waals surface area contributed by atoms with Gasteiger partial charge in [0.1, 0.15) is 5.75 Å². The van der Waals surface area contributed by atoms with E-state index >= 15 is 0 Å². The van der Waals surface area contributed by atoms with Crippen LogP contribution >= 0.6 is 0 Å². The van der Waals surface area contributed by atoms with Crippen LogP contribution in [0.25, 0.3) is 5.69 Å². The molecule has 22 heavy (non-hydrogen) atoms. The number of aromatic nitrogens is 2. The van der Waals surface area contributed by atoms with E-state index < -0.39 is 0 Å². The molecule has 0 fully saturated rings. The molecule has 1 aromatic carbocycles. The second-order valence-corrected chi connectivity index (χ2v) is 4.67. The normalized spacial score (nSPS) is 10.2. The summed E-state index contributed by atoms with van der Waals surface area (Å²) in [5, 5.41) is 2.86. The minimum absolute atomic E-state index is 0.197. The quantitative estimate of drug-likeness (QED) is 0.804. The number of nitrogens with zero attached hydrogens (tertiary/aromatic N) is 2. The maximum atomic E-state index is 12.2. The number of pyridine rings is 1. The number of rotatable bonds is 4. The van der Waals surface area contributed by atoms with Gasteiger partial charge >= 0.3 is 0 Å². The SMILES string of the molecule is COc1ccc(NC(=O)c2cccnc2)cc1-n1cccc1. The molecule has 2 aromatic heterocycles. The number of amides is 1. The summed E-state index contributed by atoms with van der Waals surface area (Å²) in [6.07, 6.45) is 7.01. The van der Waals surface area contributed by atoms with Crippen molar-refractivity contribution in [3.8, 4) is 11.4 Å². The Hall–Kier alpha value is -3.08. The summed E-state index contributed by atoms with van der Waals surface area (Å²) in [5.41, 5.74) is 2.07. The van der Waals surface area contributed by atoms with Crippen LogP contribution in [0, 0.1) is 0 Å². The lowest BCUT2D eigenvalue weighted by Crippen LogP contribution is -2.12. The topological polar surface area (TPSA) is 56.1 Å². The van der Waals surface area contributed by atoms with Crippen molar-refractivity contribution in [3.63, 3.8) is 0 Å². The highest BCUT2D eigenvalue weighted by Gasteiger charge is 2.09. The Morgan fingerprint density at radius 3 is 2.68 bits per heavy atom. The van der Waals surface area contributed by atoms with E-state index in [0.29, 0.717) is 11.3 Å². The molecule has 0 atom stereocenters. The average Bonchev–Trinajstić information content (AvgIpc) is 3.10. The first-order valence-electron chi connectivity index (χ1n) is 6.80. The van der Waals surface area contributed by atoms with Gasteiger partial charge in [-0.15, -0.1) is 0 Å². The van der Waals surface area contributed by atoms with E-state index in [-0.39, 0.29) is 5.91 Å². The van der Waals surface area contributed by atoms with Crippen molar-refractivity contribution in [1.29, 1.82) is 0 Å². The minimum atomic E-state index is -0.197. The van der Waals surface area contributed by atoms with E-state index in [1.54, 1.807) is 31.5 Å².